The lowest BCUT2D eigenvalue weighted by atomic mass is 9.96. The summed E-state index contributed by atoms with van der Waals surface area (Å²) in [5.41, 5.74) is 2.75. The van der Waals surface area contributed by atoms with Gasteiger partial charge in [0.1, 0.15) is 0 Å². The van der Waals surface area contributed by atoms with Crippen LogP contribution in [0.2, 0.25) is 0 Å². The molecule has 1 heterocycles. The van der Waals surface area contributed by atoms with Crippen LogP contribution in [-0.2, 0) is 0 Å². The third-order valence-electron chi connectivity index (χ3n) is 5.83. The van der Waals surface area contributed by atoms with Crippen molar-refractivity contribution in [3.8, 4) is 34.1 Å². The van der Waals surface area contributed by atoms with Crippen LogP contribution >= 0.6 is 15.9 Å². The number of methoxy groups -OCH3 is 4. The monoisotopic (exact) mass is 536 g/mol. The van der Waals surface area contributed by atoms with Crippen molar-refractivity contribution in [2.45, 2.75) is 0 Å². The van der Waals surface area contributed by atoms with E-state index in [0.29, 0.717) is 38.7 Å². The molecule has 0 saturated carbocycles. The molecule has 4 rings (SSSR count). The molecule has 7 nitrogen and oxygen atoms in total. The number of hydrogen-bond donors (Lipinski definition) is 0. The van der Waals surface area contributed by atoms with Gasteiger partial charge in [0, 0.05) is 40.4 Å². The third kappa shape index (κ3) is 4.25. The Kier molecular flexibility index (Phi) is 7.12. The second-order valence-electron chi connectivity index (χ2n) is 7.62. The van der Waals surface area contributed by atoms with E-state index in [1.165, 1.54) is 14.2 Å². The van der Waals surface area contributed by atoms with Crippen LogP contribution in [0.3, 0.4) is 0 Å². The summed E-state index contributed by atoms with van der Waals surface area (Å²) >= 11 is 3.50. The predicted molar refractivity (Wildman–Crippen MR) is 140 cm³/mol. The average Bonchev–Trinajstić information content (AvgIpc) is 2.90. The van der Waals surface area contributed by atoms with Crippen molar-refractivity contribution in [3.05, 3.63) is 71.0 Å². The number of anilines is 1. The zero-order valence-corrected chi connectivity index (χ0v) is 21.7. The Morgan fingerprint density at radius 1 is 0.857 bits per heavy atom. The predicted octanol–water partition coefficient (Wildman–Crippen LogP) is 5.98. The zero-order valence-electron chi connectivity index (χ0n) is 20.1. The molecule has 35 heavy (non-hydrogen) atoms. The Bertz CT molecular complexity index is 1390. The van der Waals surface area contributed by atoms with Crippen LogP contribution in [0.25, 0.3) is 21.9 Å². The molecule has 0 N–H and O–H groups in total. The van der Waals surface area contributed by atoms with Crippen LogP contribution in [0, 0.1) is 0 Å². The van der Waals surface area contributed by atoms with Gasteiger partial charge in [-0.15, -0.1) is 0 Å². The van der Waals surface area contributed by atoms with E-state index >= 15 is 0 Å². The Labute approximate surface area is 212 Å². The molecule has 0 aliphatic rings. The first-order valence-corrected chi connectivity index (χ1v) is 11.5. The summed E-state index contributed by atoms with van der Waals surface area (Å²) in [7, 11) is 7.97. The van der Waals surface area contributed by atoms with Gasteiger partial charge in [-0.2, -0.15) is 0 Å². The van der Waals surface area contributed by atoms with Crippen molar-refractivity contribution in [1.29, 1.82) is 0 Å². The van der Waals surface area contributed by atoms with E-state index in [1.807, 2.05) is 36.4 Å². The number of carbonyl (C=O) groups excluding carboxylic acids is 1. The van der Waals surface area contributed by atoms with Crippen molar-refractivity contribution in [1.82, 2.24) is 4.98 Å². The van der Waals surface area contributed by atoms with Crippen molar-refractivity contribution in [2.24, 2.45) is 0 Å². The molecule has 0 aliphatic carbocycles. The largest absolute Gasteiger partial charge is 0.493 e. The molecule has 0 aliphatic heterocycles. The summed E-state index contributed by atoms with van der Waals surface area (Å²) in [5.74, 6) is 1.70. The standard InChI is InChI=1S/C27H25BrN2O5/c1-30(27(31)24-19(28)11-12-21(32-2)25(24)34-4)20-10-6-9-17-18(20)14-22(33-3)26(35-5)23(17)16-8-7-13-29-15-16/h6-15H,1-5H3. The number of halogens is 1. The van der Waals surface area contributed by atoms with Gasteiger partial charge in [0.05, 0.1) is 39.7 Å². The molecule has 0 atom stereocenters. The highest BCUT2D eigenvalue weighted by molar-refractivity contribution is 9.10. The Morgan fingerprint density at radius 3 is 2.23 bits per heavy atom. The van der Waals surface area contributed by atoms with Gasteiger partial charge < -0.3 is 23.8 Å². The summed E-state index contributed by atoms with van der Waals surface area (Å²) in [6, 6.07) is 15.0. The SMILES string of the molecule is COc1ccc(Br)c(C(=O)N(C)c2cccc3c(-c4cccnc4)c(OC)c(OC)cc23)c1OC. The molecular weight excluding hydrogens is 512 g/mol. The number of rotatable bonds is 7. The number of nitrogens with zero attached hydrogens (tertiary/aromatic N) is 2. The molecule has 1 aromatic heterocycles. The lowest BCUT2D eigenvalue weighted by Gasteiger charge is -2.24. The number of amides is 1. The second kappa shape index (κ2) is 10.2. The summed E-state index contributed by atoms with van der Waals surface area (Å²) in [4.78, 5) is 19.6. The van der Waals surface area contributed by atoms with E-state index in [2.05, 4.69) is 20.9 Å². The smallest absolute Gasteiger partial charge is 0.263 e. The van der Waals surface area contributed by atoms with Crippen molar-refractivity contribution < 1.29 is 23.7 Å². The molecule has 0 unspecified atom stereocenters. The van der Waals surface area contributed by atoms with E-state index < -0.39 is 0 Å². The Balaban J connectivity index is 1.96. The van der Waals surface area contributed by atoms with Crippen LogP contribution in [0.4, 0.5) is 5.69 Å². The summed E-state index contributed by atoms with van der Waals surface area (Å²) in [6.07, 6.45) is 3.49. The first-order chi connectivity index (χ1) is 17.0. The maximum atomic E-state index is 13.8. The lowest BCUT2D eigenvalue weighted by Crippen LogP contribution is -2.27. The van der Waals surface area contributed by atoms with Crippen molar-refractivity contribution in [3.63, 3.8) is 0 Å². The fourth-order valence-electron chi connectivity index (χ4n) is 4.19. The van der Waals surface area contributed by atoms with E-state index in [1.54, 1.807) is 50.7 Å². The number of carbonyl (C=O) groups is 1. The van der Waals surface area contributed by atoms with Gasteiger partial charge in [0.2, 0.25) is 0 Å². The highest BCUT2D eigenvalue weighted by atomic mass is 79.9. The first kappa shape index (κ1) is 24.3. The molecule has 0 spiro atoms. The quantitative estimate of drug-likeness (QED) is 0.289. The van der Waals surface area contributed by atoms with Gasteiger partial charge in [-0.05, 0) is 51.6 Å². The maximum absolute atomic E-state index is 13.8. The first-order valence-electron chi connectivity index (χ1n) is 10.7. The Morgan fingerprint density at radius 2 is 1.60 bits per heavy atom. The number of hydrogen-bond acceptors (Lipinski definition) is 6. The van der Waals surface area contributed by atoms with Crippen LogP contribution in [0.5, 0.6) is 23.0 Å². The number of pyridine rings is 1. The molecule has 8 heteroatoms. The van der Waals surface area contributed by atoms with E-state index in [0.717, 1.165) is 21.9 Å². The molecule has 180 valence electrons. The van der Waals surface area contributed by atoms with Crippen molar-refractivity contribution >= 4 is 38.3 Å². The lowest BCUT2D eigenvalue weighted by molar-refractivity contribution is 0.0989. The molecule has 4 aromatic rings. The van der Waals surface area contributed by atoms with Crippen molar-refractivity contribution in [2.75, 3.05) is 40.4 Å². The van der Waals surface area contributed by atoms with E-state index in [4.69, 9.17) is 18.9 Å². The van der Waals surface area contributed by atoms with Crippen LogP contribution in [0.15, 0.2) is 65.4 Å². The number of ether oxygens (including phenoxy) is 4. The summed E-state index contributed by atoms with van der Waals surface area (Å²) < 4.78 is 23.0. The van der Waals surface area contributed by atoms with Crippen LogP contribution < -0.4 is 23.8 Å². The number of aromatic nitrogens is 1. The fourth-order valence-corrected chi connectivity index (χ4v) is 4.67. The highest BCUT2D eigenvalue weighted by Gasteiger charge is 2.26. The second-order valence-corrected chi connectivity index (χ2v) is 8.48. The molecule has 0 fully saturated rings. The molecule has 1 amide bonds. The molecule has 0 bridgehead atoms. The van der Waals surface area contributed by atoms with Gasteiger partial charge in [-0.25, -0.2) is 0 Å². The summed E-state index contributed by atoms with van der Waals surface area (Å²) in [5, 5.41) is 1.71. The van der Waals surface area contributed by atoms with Gasteiger partial charge in [-0.3, -0.25) is 9.78 Å². The minimum Gasteiger partial charge on any atom is -0.493 e. The number of fused-ring (bicyclic) bond motifs is 1. The molecule has 3 aromatic carbocycles. The van der Waals surface area contributed by atoms with Gasteiger partial charge in [0.25, 0.3) is 5.91 Å². The van der Waals surface area contributed by atoms with Gasteiger partial charge in [0.15, 0.2) is 23.0 Å². The molecular formula is C27H25BrN2O5. The normalized spacial score (nSPS) is 10.7. The average molecular weight is 537 g/mol. The highest BCUT2D eigenvalue weighted by Crippen LogP contribution is 2.46. The zero-order chi connectivity index (χ0) is 25.1. The number of benzene rings is 3. The van der Waals surface area contributed by atoms with Gasteiger partial charge in [-0.1, -0.05) is 18.2 Å². The minimum absolute atomic E-state index is 0.266. The van der Waals surface area contributed by atoms with Crippen LogP contribution in [0.1, 0.15) is 10.4 Å². The van der Waals surface area contributed by atoms with Gasteiger partial charge >= 0.3 is 0 Å². The van der Waals surface area contributed by atoms with Crippen LogP contribution in [-0.4, -0.2) is 46.4 Å². The fraction of sp³-hybridized carbons (Fsp3) is 0.185. The third-order valence-corrected chi connectivity index (χ3v) is 6.49. The van der Waals surface area contributed by atoms with E-state index in [-0.39, 0.29) is 5.91 Å². The maximum Gasteiger partial charge on any atom is 0.263 e. The summed E-state index contributed by atoms with van der Waals surface area (Å²) in [6.45, 7) is 0. The molecule has 0 radical (unpaired) electrons. The van der Waals surface area contributed by atoms with E-state index in [9.17, 15) is 4.79 Å². The topological polar surface area (TPSA) is 70.1 Å². The Hall–Kier alpha value is -3.78. The molecule has 0 saturated heterocycles. The minimum atomic E-state index is -0.266.